The van der Waals surface area contributed by atoms with Gasteiger partial charge in [0.1, 0.15) is 0 Å². The molecule has 0 bridgehead atoms. The highest BCUT2D eigenvalue weighted by atomic mass is 16.3. The fraction of sp³-hybridized carbons (Fsp3) is 0.909. The molecule has 3 unspecified atom stereocenters. The Morgan fingerprint density at radius 1 is 1.60 bits per heavy atom. The van der Waals surface area contributed by atoms with Gasteiger partial charge in [-0.1, -0.05) is 6.92 Å². The van der Waals surface area contributed by atoms with Crippen molar-refractivity contribution in [2.24, 2.45) is 5.92 Å². The molecular formula is C11H22N2O2. The van der Waals surface area contributed by atoms with Crippen LogP contribution in [-0.2, 0) is 4.79 Å². The van der Waals surface area contributed by atoms with Gasteiger partial charge in [-0.05, 0) is 25.8 Å². The summed E-state index contributed by atoms with van der Waals surface area (Å²) in [6.45, 7) is 8.29. The number of nitrogens with one attached hydrogen (secondary N) is 1. The second-order valence-corrected chi connectivity index (χ2v) is 4.49. The van der Waals surface area contributed by atoms with Gasteiger partial charge in [0.2, 0.25) is 5.91 Å². The molecule has 0 aromatic rings. The van der Waals surface area contributed by atoms with E-state index in [9.17, 15) is 9.90 Å². The summed E-state index contributed by atoms with van der Waals surface area (Å²) in [5.74, 6) is 0.290. The van der Waals surface area contributed by atoms with Gasteiger partial charge in [0, 0.05) is 26.1 Å². The number of carbonyl (C=O) groups excluding carboxylic acids is 1. The third-order valence-corrected chi connectivity index (χ3v) is 3.10. The molecule has 4 nitrogen and oxygen atoms in total. The molecule has 1 aliphatic rings. The van der Waals surface area contributed by atoms with Crippen LogP contribution in [0.3, 0.4) is 0 Å². The van der Waals surface area contributed by atoms with Crippen LogP contribution in [0.4, 0.5) is 0 Å². The number of likely N-dealkylation sites (tertiary alicyclic amines) is 1. The van der Waals surface area contributed by atoms with E-state index < -0.39 is 0 Å². The van der Waals surface area contributed by atoms with Crippen LogP contribution < -0.4 is 5.32 Å². The average Bonchev–Trinajstić information content (AvgIpc) is 2.16. The Hall–Kier alpha value is -0.610. The second kappa shape index (κ2) is 5.47. The number of likely N-dealkylation sites (N-methyl/N-ethyl adjacent to an activating group) is 1. The predicted molar refractivity (Wildman–Crippen MR) is 59.5 cm³/mol. The minimum Gasteiger partial charge on any atom is -0.393 e. The number of hydrogen-bond acceptors (Lipinski definition) is 3. The molecule has 3 atom stereocenters. The molecule has 1 rings (SSSR count). The maximum atomic E-state index is 11.0. The summed E-state index contributed by atoms with van der Waals surface area (Å²) in [7, 11) is 0. The number of carbonyl (C=O) groups is 1. The zero-order valence-electron chi connectivity index (χ0n) is 9.86. The molecule has 0 radical (unpaired) electrons. The lowest BCUT2D eigenvalue weighted by molar-refractivity contribution is -0.120. The first-order valence-electron chi connectivity index (χ1n) is 5.70. The van der Waals surface area contributed by atoms with E-state index >= 15 is 0 Å². The van der Waals surface area contributed by atoms with Gasteiger partial charge >= 0.3 is 0 Å². The Morgan fingerprint density at radius 3 is 2.73 bits per heavy atom. The van der Waals surface area contributed by atoms with Crippen LogP contribution in [0.15, 0.2) is 0 Å². The molecule has 1 fully saturated rings. The van der Waals surface area contributed by atoms with Gasteiger partial charge in [0.05, 0.1) is 6.10 Å². The molecule has 0 aliphatic carbocycles. The highest BCUT2D eigenvalue weighted by molar-refractivity contribution is 5.73. The van der Waals surface area contributed by atoms with Crippen molar-refractivity contribution >= 4 is 5.91 Å². The van der Waals surface area contributed by atoms with Crippen LogP contribution in [0, 0.1) is 5.92 Å². The largest absolute Gasteiger partial charge is 0.393 e. The highest BCUT2D eigenvalue weighted by Gasteiger charge is 2.29. The van der Waals surface area contributed by atoms with Crippen LogP contribution in [-0.4, -0.2) is 47.7 Å². The van der Waals surface area contributed by atoms with E-state index in [1.54, 1.807) is 6.92 Å². The van der Waals surface area contributed by atoms with Crippen molar-refractivity contribution in [3.63, 3.8) is 0 Å². The smallest absolute Gasteiger partial charge is 0.217 e. The fourth-order valence-electron chi connectivity index (χ4n) is 2.23. The predicted octanol–water partition coefficient (Wildman–Crippen LogP) is 0.214. The van der Waals surface area contributed by atoms with Crippen molar-refractivity contribution in [3.05, 3.63) is 0 Å². The maximum absolute atomic E-state index is 11.0. The quantitative estimate of drug-likeness (QED) is 0.706. The number of amides is 1. The number of aliphatic hydroxyl groups excluding tert-OH is 1. The van der Waals surface area contributed by atoms with Crippen molar-refractivity contribution in [2.75, 3.05) is 19.6 Å². The summed E-state index contributed by atoms with van der Waals surface area (Å²) >= 11 is 0. The zero-order valence-corrected chi connectivity index (χ0v) is 9.86. The van der Waals surface area contributed by atoms with E-state index in [-0.39, 0.29) is 24.0 Å². The van der Waals surface area contributed by atoms with Crippen LogP contribution in [0.2, 0.25) is 0 Å². The Labute approximate surface area is 91.6 Å². The molecule has 0 spiro atoms. The van der Waals surface area contributed by atoms with E-state index in [1.807, 2.05) is 6.92 Å². The van der Waals surface area contributed by atoms with E-state index in [1.165, 1.54) is 0 Å². The molecule has 15 heavy (non-hydrogen) atoms. The van der Waals surface area contributed by atoms with Gasteiger partial charge in [-0.2, -0.15) is 0 Å². The van der Waals surface area contributed by atoms with E-state index in [0.717, 1.165) is 26.1 Å². The normalized spacial score (nSPS) is 29.9. The number of aliphatic hydroxyl groups is 1. The number of hydrogen-bond donors (Lipinski definition) is 2. The van der Waals surface area contributed by atoms with Crippen LogP contribution in [0.5, 0.6) is 0 Å². The van der Waals surface area contributed by atoms with E-state index in [4.69, 9.17) is 0 Å². The first-order valence-corrected chi connectivity index (χ1v) is 5.70. The van der Waals surface area contributed by atoms with Gasteiger partial charge in [0.15, 0.2) is 0 Å². The lowest BCUT2D eigenvalue weighted by Gasteiger charge is -2.38. The van der Waals surface area contributed by atoms with Crippen LogP contribution >= 0.6 is 0 Å². The Bertz CT molecular complexity index is 219. The standard InChI is InChI=1S/C11H22N2O2/c1-4-13-6-10(8(2)14)5-11(7-13)12-9(3)15/h8,10-11,14H,4-7H2,1-3H3,(H,12,15). The van der Waals surface area contributed by atoms with E-state index in [0.29, 0.717) is 0 Å². The summed E-state index contributed by atoms with van der Waals surface area (Å²) in [5, 5.41) is 12.5. The number of rotatable bonds is 3. The molecule has 1 heterocycles. The topological polar surface area (TPSA) is 52.6 Å². The van der Waals surface area contributed by atoms with Gasteiger partial charge in [-0.3, -0.25) is 4.79 Å². The molecule has 0 aromatic carbocycles. The molecule has 1 aliphatic heterocycles. The zero-order chi connectivity index (χ0) is 11.4. The van der Waals surface area contributed by atoms with Gasteiger partial charge in [0.25, 0.3) is 0 Å². The Balaban J connectivity index is 2.54. The molecule has 0 aromatic heterocycles. The molecule has 88 valence electrons. The van der Waals surface area contributed by atoms with Gasteiger partial charge in [-0.15, -0.1) is 0 Å². The first-order chi connectivity index (χ1) is 7.02. The molecule has 2 N–H and O–H groups in total. The molecular weight excluding hydrogens is 192 g/mol. The second-order valence-electron chi connectivity index (χ2n) is 4.49. The SMILES string of the molecule is CCN1CC(NC(C)=O)CC(C(C)O)C1. The first kappa shape index (κ1) is 12.5. The monoisotopic (exact) mass is 214 g/mol. The molecule has 4 heteroatoms. The van der Waals surface area contributed by atoms with Crippen molar-refractivity contribution in [1.29, 1.82) is 0 Å². The third kappa shape index (κ3) is 3.80. The van der Waals surface area contributed by atoms with Crippen LogP contribution in [0.1, 0.15) is 27.2 Å². The van der Waals surface area contributed by atoms with Crippen LogP contribution in [0.25, 0.3) is 0 Å². The summed E-state index contributed by atoms with van der Waals surface area (Å²) < 4.78 is 0. The van der Waals surface area contributed by atoms with Gasteiger partial charge < -0.3 is 15.3 Å². The Kier molecular flexibility index (Phi) is 4.54. The number of nitrogens with zero attached hydrogens (tertiary/aromatic N) is 1. The minimum atomic E-state index is -0.296. The van der Waals surface area contributed by atoms with Crippen molar-refractivity contribution in [1.82, 2.24) is 10.2 Å². The minimum absolute atomic E-state index is 0.0160. The summed E-state index contributed by atoms with van der Waals surface area (Å²) in [5.41, 5.74) is 0. The molecule has 1 amide bonds. The maximum Gasteiger partial charge on any atom is 0.217 e. The average molecular weight is 214 g/mol. The molecule has 0 saturated carbocycles. The highest BCUT2D eigenvalue weighted by Crippen LogP contribution is 2.19. The third-order valence-electron chi connectivity index (χ3n) is 3.10. The summed E-state index contributed by atoms with van der Waals surface area (Å²) in [6, 6.07) is 0.191. The lowest BCUT2D eigenvalue weighted by Crippen LogP contribution is -2.52. The van der Waals surface area contributed by atoms with Gasteiger partial charge in [-0.25, -0.2) is 0 Å². The van der Waals surface area contributed by atoms with Crippen molar-refractivity contribution in [2.45, 2.75) is 39.3 Å². The fourth-order valence-corrected chi connectivity index (χ4v) is 2.23. The molecule has 1 saturated heterocycles. The van der Waals surface area contributed by atoms with Crippen molar-refractivity contribution < 1.29 is 9.90 Å². The summed E-state index contributed by atoms with van der Waals surface area (Å²) in [6.07, 6.45) is 0.587. The Morgan fingerprint density at radius 2 is 2.27 bits per heavy atom. The summed E-state index contributed by atoms with van der Waals surface area (Å²) in [4.78, 5) is 13.3. The van der Waals surface area contributed by atoms with Crippen molar-refractivity contribution in [3.8, 4) is 0 Å². The van der Waals surface area contributed by atoms with E-state index in [2.05, 4.69) is 17.1 Å². The number of piperidine rings is 1. The lowest BCUT2D eigenvalue weighted by atomic mass is 9.90.